The maximum Gasteiger partial charge on any atom is 0.273 e. The molecule has 0 spiro atoms. The molecule has 184 valence electrons. The summed E-state index contributed by atoms with van der Waals surface area (Å²) in [6.07, 6.45) is 3.21. The number of aryl methyl sites for hydroxylation is 4. The Balaban J connectivity index is 1.31. The average molecular weight is 483 g/mol. The highest BCUT2D eigenvalue weighted by atomic mass is 16.1. The molecule has 0 saturated heterocycles. The van der Waals surface area contributed by atoms with Crippen LogP contribution >= 0.6 is 0 Å². The molecule has 5 rings (SSSR count). The van der Waals surface area contributed by atoms with Crippen LogP contribution in [0.25, 0.3) is 27.8 Å². The zero-order chi connectivity index (χ0) is 25.2. The molecule has 0 radical (unpaired) electrons. The highest BCUT2D eigenvalue weighted by Crippen LogP contribution is 2.21. The van der Waals surface area contributed by atoms with Gasteiger partial charge >= 0.3 is 0 Å². The third kappa shape index (κ3) is 4.42. The van der Waals surface area contributed by atoms with Crippen LogP contribution in [0.5, 0.6) is 0 Å². The molecule has 0 aliphatic heterocycles. The van der Waals surface area contributed by atoms with E-state index in [4.69, 9.17) is 0 Å². The largest absolute Gasteiger partial charge is 0.361 e. The van der Waals surface area contributed by atoms with Gasteiger partial charge in [0.1, 0.15) is 11.2 Å². The van der Waals surface area contributed by atoms with Gasteiger partial charge in [0.05, 0.1) is 11.4 Å². The second-order valence-corrected chi connectivity index (χ2v) is 9.07. The summed E-state index contributed by atoms with van der Waals surface area (Å²) in [5.41, 5.74) is 6.62. The number of H-pyrrole nitrogens is 1. The lowest BCUT2D eigenvalue weighted by Crippen LogP contribution is -2.29. The number of para-hydroxylation sites is 1. The summed E-state index contributed by atoms with van der Waals surface area (Å²) >= 11 is 0. The number of nitrogens with one attached hydrogen (secondary N) is 2. The van der Waals surface area contributed by atoms with Crippen molar-refractivity contribution in [1.29, 1.82) is 0 Å². The number of carbonyl (C=O) groups is 1. The van der Waals surface area contributed by atoms with Gasteiger partial charge in [0, 0.05) is 43.0 Å². The SMILES string of the molecule is CCn1c(=O)c(CCC(=O)NCCc2c[nH]c3ccccc23)nc2c(C)nn(-c3ccc(C)cc3)c21. The Morgan fingerprint density at radius 2 is 1.83 bits per heavy atom. The predicted octanol–water partition coefficient (Wildman–Crippen LogP) is 3.99. The number of amides is 1. The van der Waals surface area contributed by atoms with E-state index in [1.165, 1.54) is 10.9 Å². The van der Waals surface area contributed by atoms with E-state index >= 15 is 0 Å². The molecule has 0 bridgehead atoms. The Morgan fingerprint density at radius 3 is 2.61 bits per heavy atom. The summed E-state index contributed by atoms with van der Waals surface area (Å²) in [5, 5.41) is 8.82. The molecule has 8 heteroatoms. The monoisotopic (exact) mass is 482 g/mol. The topological polar surface area (TPSA) is 97.6 Å². The number of rotatable bonds is 8. The fraction of sp³-hybridized carbons (Fsp3) is 0.286. The van der Waals surface area contributed by atoms with Crippen molar-refractivity contribution in [3.8, 4) is 5.69 Å². The van der Waals surface area contributed by atoms with Gasteiger partial charge in [-0.15, -0.1) is 0 Å². The highest BCUT2D eigenvalue weighted by molar-refractivity contribution is 5.83. The third-order valence-corrected chi connectivity index (χ3v) is 6.57. The van der Waals surface area contributed by atoms with E-state index in [2.05, 4.69) is 26.4 Å². The third-order valence-electron chi connectivity index (χ3n) is 6.57. The minimum absolute atomic E-state index is 0.0914. The number of carbonyl (C=O) groups excluding carboxylic acids is 1. The molecule has 5 aromatic rings. The second-order valence-electron chi connectivity index (χ2n) is 9.07. The molecule has 1 amide bonds. The van der Waals surface area contributed by atoms with Crippen molar-refractivity contribution in [3.05, 3.63) is 87.6 Å². The molecule has 8 nitrogen and oxygen atoms in total. The first-order valence-corrected chi connectivity index (χ1v) is 12.3. The first kappa shape index (κ1) is 23.5. The van der Waals surface area contributed by atoms with Crippen LogP contribution in [0.15, 0.2) is 59.5 Å². The molecular weight excluding hydrogens is 452 g/mol. The van der Waals surface area contributed by atoms with Crippen molar-refractivity contribution in [3.63, 3.8) is 0 Å². The molecule has 0 aliphatic rings. The van der Waals surface area contributed by atoms with E-state index in [9.17, 15) is 9.59 Å². The summed E-state index contributed by atoms with van der Waals surface area (Å²) in [4.78, 5) is 33.8. The van der Waals surface area contributed by atoms with Crippen molar-refractivity contribution >= 4 is 28.0 Å². The smallest absolute Gasteiger partial charge is 0.273 e. The molecule has 0 fully saturated rings. The normalized spacial score (nSPS) is 11.4. The zero-order valence-electron chi connectivity index (χ0n) is 20.8. The molecule has 0 aliphatic carbocycles. The Bertz CT molecular complexity index is 1610. The van der Waals surface area contributed by atoms with Crippen LogP contribution < -0.4 is 10.9 Å². The zero-order valence-corrected chi connectivity index (χ0v) is 20.8. The summed E-state index contributed by atoms with van der Waals surface area (Å²) < 4.78 is 3.48. The van der Waals surface area contributed by atoms with E-state index in [-0.39, 0.29) is 24.3 Å². The fourth-order valence-corrected chi connectivity index (χ4v) is 4.63. The molecule has 36 heavy (non-hydrogen) atoms. The molecule has 2 N–H and O–H groups in total. The fourth-order valence-electron chi connectivity index (χ4n) is 4.63. The van der Waals surface area contributed by atoms with Gasteiger partial charge in [-0.2, -0.15) is 5.10 Å². The van der Waals surface area contributed by atoms with Gasteiger partial charge < -0.3 is 10.3 Å². The Labute approximate surface area is 209 Å². The number of nitrogens with zero attached hydrogens (tertiary/aromatic N) is 4. The molecule has 0 atom stereocenters. The van der Waals surface area contributed by atoms with Crippen molar-refractivity contribution in [2.45, 2.75) is 46.6 Å². The van der Waals surface area contributed by atoms with Crippen LogP contribution in [0.3, 0.4) is 0 Å². The van der Waals surface area contributed by atoms with Crippen LogP contribution in [0.4, 0.5) is 0 Å². The number of hydrogen-bond donors (Lipinski definition) is 2. The second kappa shape index (κ2) is 9.81. The minimum Gasteiger partial charge on any atom is -0.361 e. The standard InChI is InChI=1S/C28H30N6O2/c1-4-33-27-26(19(3)32-34(27)21-11-9-18(2)10-12-21)31-24(28(33)36)13-14-25(35)29-16-15-20-17-30-23-8-6-5-7-22(20)23/h5-12,17,30H,4,13-16H2,1-3H3,(H,29,35). The first-order valence-electron chi connectivity index (χ1n) is 12.3. The summed E-state index contributed by atoms with van der Waals surface area (Å²) in [5.74, 6) is -0.0914. The summed E-state index contributed by atoms with van der Waals surface area (Å²) in [6, 6.07) is 16.1. The van der Waals surface area contributed by atoms with Crippen molar-refractivity contribution in [1.82, 2.24) is 29.6 Å². The maximum absolute atomic E-state index is 13.3. The predicted molar refractivity (Wildman–Crippen MR) is 142 cm³/mol. The lowest BCUT2D eigenvalue weighted by Gasteiger charge is -2.11. The van der Waals surface area contributed by atoms with Crippen LogP contribution in [0.1, 0.15) is 35.9 Å². The van der Waals surface area contributed by atoms with E-state index < -0.39 is 0 Å². The summed E-state index contributed by atoms with van der Waals surface area (Å²) in [7, 11) is 0. The van der Waals surface area contributed by atoms with Gasteiger partial charge in [-0.1, -0.05) is 35.9 Å². The Kier molecular flexibility index (Phi) is 6.41. The van der Waals surface area contributed by atoms with Crippen molar-refractivity contribution in [2.24, 2.45) is 0 Å². The van der Waals surface area contributed by atoms with Gasteiger partial charge in [-0.05, 0) is 51.0 Å². The molecule has 3 heterocycles. The maximum atomic E-state index is 13.3. The van der Waals surface area contributed by atoms with Crippen LogP contribution in [0.2, 0.25) is 0 Å². The average Bonchev–Trinajstić information content (AvgIpc) is 3.44. The van der Waals surface area contributed by atoms with Gasteiger partial charge in [-0.3, -0.25) is 14.2 Å². The van der Waals surface area contributed by atoms with Crippen molar-refractivity contribution < 1.29 is 4.79 Å². The lowest BCUT2D eigenvalue weighted by atomic mass is 10.1. The van der Waals surface area contributed by atoms with Crippen molar-refractivity contribution in [2.75, 3.05) is 6.54 Å². The highest BCUT2D eigenvalue weighted by Gasteiger charge is 2.19. The Hall–Kier alpha value is -4.20. The van der Waals surface area contributed by atoms with E-state index in [1.54, 1.807) is 9.25 Å². The number of benzene rings is 2. The molecule has 0 unspecified atom stereocenters. The van der Waals surface area contributed by atoms with Crippen LogP contribution in [0, 0.1) is 13.8 Å². The minimum atomic E-state index is -0.176. The van der Waals surface area contributed by atoms with Gasteiger partial charge in [0.25, 0.3) is 5.56 Å². The number of fused-ring (bicyclic) bond motifs is 2. The van der Waals surface area contributed by atoms with E-state index in [0.29, 0.717) is 29.9 Å². The molecular formula is C28H30N6O2. The number of aromatic amines is 1. The van der Waals surface area contributed by atoms with Gasteiger partial charge in [0.15, 0.2) is 5.65 Å². The first-order chi connectivity index (χ1) is 17.5. The quantitative estimate of drug-likeness (QED) is 0.349. The molecule has 3 aromatic heterocycles. The van der Waals surface area contributed by atoms with Gasteiger partial charge in [-0.25, -0.2) is 9.67 Å². The molecule has 2 aromatic carbocycles. The van der Waals surface area contributed by atoms with Gasteiger partial charge in [0.2, 0.25) is 5.91 Å². The van der Waals surface area contributed by atoms with Crippen LogP contribution in [-0.2, 0) is 24.2 Å². The lowest BCUT2D eigenvalue weighted by molar-refractivity contribution is -0.121. The van der Waals surface area contributed by atoms with E-state index in [0.717, 1.165) is 28.9 Å². The van der Waals surface area contributed by atoms with E-state index in [1.807, 2.05) is 69.4 Å². The number of hydrogen-bond acceptors (Lipinski definition) is 4. The summed E-state index contributed by atoms with van der Waals surface area (Å²) in [6.45, 7) is 6.88. The molecule has 0 saturated carbocycles. The Morgan fingerprint density at radius 1 is 1.06 bits per heavy atom. The van der Waals surface area contributed by atoms with Crippen LogP contribution in [-0.4, -0.2) is 36.8 Å². The number of aromatic nitrogens is 5.